The number of nitrogens with zero attached hydrogens (tertiary/aromatic N) is 1. The Bertz CT molecular complexity index is 502. The molecule has 0 radical (unpaired) electrons. The van der Waals surface area contributed by atoms with Gasteiger partial charge in [0.2, 0.25) is 0 Å². The number of hydrogen-bond donors (Lipinski definition) is 1. The molecule has 4 heteroatoms. The fraction of sp³-hybridized carbons (Fsp3) is 0.154. The SMILES string of the molecule is Nc1cccc(COCc2ccccc2Br)n1. The summed E-state index contributed by atoms with van der Waals surface area (Å²) < 4.78 is 6.65. The van der Waals surface area contributed by atoms with E-state index in [0.29, 0.717) is 19.0 Å². The topological polar surface area (TPSA) is 48.1 Å². The molecule has 0 saturated heterocycles. The lowest BCUT2D eigenvalue weighted by molar-refractivity contribution is 0.104. The number of hydrogen-bond acceptors (Lipinski definition) is 3. The van der Waals surface area contributed by atoms with Crippen LogP contribution in [0.5, 0.6) is 0 Å². The number of aromatic nitrogens is 1. The van der Waals surface area contributed by atoms with Crippen LogP contribution in [0.2, 0.25) is 0 Å². The zero-order chi connectivity index (χ0) is 12.1. The molecule has 1 aromatic heterocycles. The van der Waals surface area contributed by atoms with Gasteiger partial charge in [0.1, 0.15) is 5.82 Å². The number of ether oxygens (including phenoxy) is 1. The molecule has 0 aliphatic rings. The highest BCUT2D eigenvalue weighted by atomic mass is 79.9. The average Bonchev–Trinajstić information content (AvgIpc) is 2.32. The zero-order valence-electron chi connectivity index (χ0n) is 9.27. The lowest BCUT2D eigenvalue weighted by Gasteiger charge is -2.06. The van der Waals surface area contributed by atoms with Crippen molar-refractivity contribution >= 4 is 21.7 Å². The molecule has 1 heterocycles. The highest BCUT2D eigenvalue weighted by molar-refractivity contribution is 9.10. The van der Waals surface area contributed by atoms with Crippen molar-refractivity contribution in [2.45, 2.75) is 13.2 Å². The van der Waals surface area contributed by atoms with Gasteiger partial charge in [-0.25, -0.2) is 4.98 Å². The van der Waals surface area contributed by atoms with Crippen LogP contribution >= 0.6 is 15.9 Å². The minimum atomic E-state index is 0.465. The summed E-state index contributed by atoms with van der Waals surface area (Å²) in [5.74, 6) is 0.520. The van der Waals surface area contributed by atoms with Gasteiger partial charge in [-0.15, -0.1) is 0 Å². The Kier molecular flexibility index (Phi) is 4.12. The normalized spacial score (nSPS) is 10.4. The summed E-state index contributed by atoms with van der Waals surface area (Å²) in [6.45, 7) is 1.02. The van der Waals surface area contributed by atoms with Crippen LogP contribution in [-0.2, 0) is 18.0 Å². The summed E-state index contributed by atoms with van der Waals surface area (Å²) in [4.78, 5) is 4.17. The van der Waals surface area contributed by atoms with E-state index in [0.717, 1.165) is 15.7 Å². The second-order valence-electron chi connectivity index (χ2n) is 3.64. The van der Waals surface area contributed by atoms with Crippen molar-refractivity contribution in [2.24, 2.45) is 0 Å². The predicted octanol–water partition coefficient (Wildman–Crippen LogP) is 3.14. The highest BCUT2D eigenvalue weighted by Gasteiger charge is 2.00. The van der Waals surface area contributed by atoms with Crippen LogP contribution in [0.3, 0.4) is 0 Å². The minimum Gasteiger partial charge on any atom is -0.384 e. The maximum atomic E-state index is 5.59. The van der Waals surface area contributed by atoms with E-state index < -0.39 is 0 Å². The van der Waals surface area contributed by atoms with Crippen molar-refractivity contribution in [1.29, 1.82) is 0 Å². The quantitative estimate of drug-likeness (QED) is 0.942. The molecule has 0 spiro atoms. The molecule has 0 saturated carbocycles. The van der Waals surface area contributed by atoms with Gasteiger partial charge in [-0.05, 0) is 23.8 Å². The molecule has 2 aromatic rings. The third kappa shape index (κ3) is 3.54. The van der Waals surface area contributed by atoms with E-state index in [1.165, 1.54) is 0 Å². The fourth-order valence-corrected chi connectivity index (χ4v) is 1.86. The van der Waals surface area contributed by atoms with Crippen molar-refractivity contribution in [2.75, 3.05) is 5.73 Å². The molecular formula is C13H13BrN2O. The largest absolute Gasteiger partial charge is 0.384 e. The predicted molar refractivity (Wildman–Crippen MR) is 71.3 cm³/mol. The number of benzene rings is 1. The van der Waals surface area contributed by atoms with Gasteiger partial charge in [0, 0.05) is 4.47 Å². The Balaban J connectivity index is 1.90. The number of nitrogen functional groups attached to an aromatic ring is 1. The standard InChI is InChI=1S/C13H13BrN2O/c14-12-6-2-1-4-10(12)8-17-9-11-5-3-7-13(15)16-11/h1-7H,8-9H2,(H2,15,16). The molecule has 0 unspecified atom stereocenters. The van der Waals surface area contributed by atoms with Crippen LogP contribution in [0.1, 0.15) is 11.3 Å². The minimum absolute atomic E-state index is 0.465. The molecule has 0 atom stereocenters. The van der Waals surface area contributed by atoms with Gasteiger partial charge in [0.05, 0.1) is 18.9 Å². The smallest absolute Gasteiger partial charge is 0.123 e. The maximum Gasteiger partial charge on any atom is 0.123 e. The van der Waals surface area contributed by atoms with Gasteiger partial charge in [-0.1, -0.05) is 40.2 Å². The molecular weight excluding hydrogens is 280 g/mol. The van der Waals surface area contributed by atoms with Crippen molar-refractivity contribution in [3.63, 3.8) is 0 Å². The lowest BCUT2D eigenvalue weighted by atomic mass is 10.2. The molecule has 2 rings (SSSR count). The molecule has 0 aliphatic carbocycles. The van der Waals surface area contributed by atoms with Gasteiger partial charge < -0.3 is 10.5 Å². The Morgan fingerprint density at radius 2 is 1.88 bits per heavy atom. The maximum absolute atomic E-state index is 5.59. The highest BCUT2D eigenvalue weighted by Crippen LogP contribution is 2.17. The van der Waals surface area contributed by atoms with Gasteiger partial charge in [0.15, 0.2) is 0 Å². The first-order valence-electron chi connectivity index (χ1n) is 5.28. The van der Waals surface area contributed by atoms with Crippen molar-refractivity contribution in [3.05, 3.63) is 58.2 Å². The molecule has 17 heavy (non-hydrogen) atoms. The van der Waals surface area contributed by atoms with Gasteiger partial charge in [-0.2, -0.15) is 0 Å². The first-order valence-corrected chi connectivity index (χ1v) is 6.07. The van der Waals surface area contributed by atoms with Crippen molar-refractivity contribution in [1.82, 2.24) is 4.98 Å². The summed E-state index contributed by atoms with van der Waals surface area (Å²) in [6.07, 6.45) is 0. The number of pyridine rings is 1. The van der Waals surface area contributed by atoms with E-state index in [9.17, 15) is 0 Å². The first-order chi connectivity index (χ1) is 8.25. The Morgan fingerprint density at radius 1 is 1.06 bits per heavy atom. The molecule has 0 amide bonds. The molecule has 3 nitrogen and oxygen atoms in total. The van der Waals surface area contributed by atoms with Gasteiger partial charge >= 0.3 is 0 Å². The van der Waals surface area contributed by atoms with Crippen LogP contribution in [0, 0.1) is 0 Å². The van der Waals surface area contributed by atoms with E-state index >= 15 is 0 Å². The van der Waals surface area contributed by atoms with Crippen LogP contribution in [0.25, 0.3) is 0 Å². The van der Waals surface area contributed by atoms with Crippen LogP contribution in [0.4, 0.5) is 5.82 Å². The number of halogens is 1. The van der Waals surface area contributed by atoms with Gasteiger partial charge in [0.25, 0.3) is 0 Å². The van der Waals surface area contributed by atoms with Crippen molar-refractivity contribution in [3.8, 4) is 0 Å². The first kappa shape index (κ1) is 12.1. The summed E-state index contributed by atoms with van der Waals surface area (Å²) in [5, 5.41) is 0. The Hall–Kier alpha value is -1.39. The van der Waals surface area contributed by atoms with Crippen molar-refractivity contribution < 1.29 is 4.74 Å². The third-order valence-corrected chi connectivity index (χ3v) is 3.07. The lowest BCUT2D eigenvalue weighted by Crippen LogP contribution is -1.99. The average molecular weight is 293 g/mol. The number of nitrogens with two attached hydrogens (primary N) is 1. The van der Waals surface area contributed by atoms with E-state index in [4.69, 9.17) is 10.5 Å². The summed E-state index contributed by atoms with van der Waals surface area (Å²) in [5.41, 5.74) is 7.56. The van der Waals surface area contributed by atoms with E-state index in [1.807, 2.05) is 36.4 Å². The molecule has 1 aromatic carbocycles. The Morgan fingerprint density at radius 3 is 2.65 bits per heavy atom. The van der Waals surface area contributed by atoms with E-state index in [-0.39, 0.29) is 0 Å². The fourth-order valence-electron chi connectivity index (χ4n) is 1.46. The molecule has 0 fully saturated rings. The summed E-state index contributed by atoms with van der Waals surface area (Å²) in [6, 6.07) is 13.5. The number of rotatable bonds is 4. The van der Waals surface area contributed by atoms with Crippen LogP contribution < -0.4 is 5.73 Å². The summed E-state index contributed by atoms with van der Waals surface area (Å²) >= 11 is 3.48. The van der Waals surface area contributed by atoms with E-state index in [2.05, 4.69) is 20.9 Å². The molecule has 0 bridgehead atoms. The second-order valence-corrected chi connectivity index (χ2v) is 4.49. The van der Waals surface area contributed by atoms with Gasteiger partial charge in [-0.3, -0.25) is 0 Å². The monoisotopic (exact) mass is 292 g/mol. The number of anilines is 1. The second kappa shape index (κ2) is 5.80. The molecule has 2 N–H and O–H groups in total. The Labute approximate surface area is 109 Å². The van der Waals surface area contributed by atoms with Crippen LogP contribution in [0.15, 0.2) is 46.9 Å². The molecule has 0 aliphatic heterocycles. The zero-order valence-corrected chi connectivity index (χ0v) is 10.9. The van der Waals surface area contributed by atoms with E-state index in [1.54, 1.807) is 6.07 Å². The third-order valence-electron chi connectivity index (χ3n) is 2.29. The van der Waals surface area contributed by atoms with Crippen LogP contribution in [-0.4, -0.2) is 4.98 Å². The molecule has 88 valence electrons. The summed E-state index contributed by atoms with van der Waals surface area (Å²) in [7, 11) is 0.